The second-order valence-electron chi connectivity index (χ2n) is 10.0. The second kappa shape index (κ2) is 7.82. The standard InChI is InChI=1S/C20H34BNO5Si/c1-19(2,3)27-18(23)22-16-10-9-14(11-15(16)12-17(22)21(24)25)13-26-28(7,8)20(4,5)6/h9-11,17,24-25H,12-13H2,1-8H3. The summed E-state index contributed by atoms with van der Waals surface area (Å²) in [7, 11) is -3.51. The lowest BCUT2D eigenvalue weighted by atomic mass is 9.77. The number of rotatable bonds is 4. The SMILES string of the molecule is CC(C)(C)OC(=O)N1c2ccc(CO[Si](C)(C)C(C)(C)C)cc2CC1B(O)O. The van der Waals surface area contributed by atoms with Crippen molar-refractivity contribution in [3.63, 3.8) is 0 Å². The quantitative estimate of drug-likeness (QED) is 0.741. The number of anilines is 1. The molecule has 1 amide bonds. The van der Waals surface area contributed by atoms with Crippen molar-refractivity contribution in [2.45, 2.75) is 84.2 Å². The van der Waals surface area contributed by atoms with Gasteiger partial charge in [0.15, 0.2) is 8.32 Å². The molecule has 1 aliphatic heterocycles. The van der Waals surface area contributed by atoms with E-state index in [2.05, 4.69) is 33.9 Å². The van der Waals surface area contributed by atoms with E-state index < -0.39 is 33.1 Å². The lowest BCUT2D eigenvalue weighted by Gasteiger charge is -2.36. The number of hydrogen-bond donors (Lipinski definition) is 2. The number of carbonyl (C=O) groups is 1. The molecule has 1 aromatic rings. The van der Waals surface area contributed by atoms with Crippen LogP contribution in [-0.4, -0.2) is 43.1 Å². The van der Waals surface area contributed by atoms with Crippen LogP contribution in [-0.2, 0) is 22.2 Å². The first-order valence-electron chi connectivity index (χ1n) is 9.76. The number of fused-ring (bicyclic) bond motifs is 1. The summed E-state index contributed by atoms with van der Waals surface area (Å²) in [5.41, 5.74) is 1.89. The normalized spacial score (nSPS) is 17.5. The maximum absolute atomic E-state index is 12.7. The fourth-order valence-corrected chi connectivity index (χ4v) is 3.85. The zero-order valence-corrected chi connectivity index (χ0v) is 19.4. The Morgan fingerprint density at radius 3 is 2.32 bits per heavy atom. The van der Waals surface area contributed by atoms with Crippen molar-refractivity contribution in [2.75, 3.05) is 4.90 Å². The monoisotopic (exact) mass is 407 g/mol. The molecule has 0 aromatic heterocycles. The highest BCUT2D eigenvalue weighted by molar-refractivity contribution is 6.74. The Balaban J connectivity index is 2.24. The Hall–Kier alpha value is -1.35. The van der Waals surface area contributed by atoms with Crippen LogP contribution in [0, 0.1) is 0 Å². The van der Waals surface area contributed by atoms with E-state index >= 15 is 0 Å². The number of amides is 1. The Kier molecular flexibility index (Phi) is 6.40. The lowest BCUT2D eigenvalue weighted by Crippen LogP contribution is -2.49. The minimum absolute atomic E-state index is 0.128. The molecule has 0 bridgehead atoms. The topological polar surface area (TPSA) is 79.2 Å². The van der Waals surface area contributed by atoms with Crippen LogP contribution in [0.25, 0.3) is 0 Å². The van der Waals surface area contributed by atoms with Crippen LogP contribution in [0.2, 0.25) is 18.1 Å². The summed E-state index contributed by atoms with van der Waals surface area (Å²) < 4.78 is 11.8. The molecule has 0 fully saturated rings. The van der Waals surface area contributed by atoms with E-state index in [-0.39, 0.29) is 5.04 Å². The first-order valence-corrected chi connectivity index (χ1v) is 12.7. The van der Waals surface area contributed by atoms with E-state index in [9.17, 15) is 14.8 Å². The van der Waals surface area contributed by atoms with Crippen molar-refractivity contribution < 1.29 is 24.0 Å². The maximum atomic E-state index is 12.7. The fraction of sp³-hybridized carbons (Fsp3) is 0.650. The van der Waals surface area contributed by atoms with Crippen LogP contribution in [0.15, 0.2) is 18.2 Å². The third-order valence-electron chi connectivity index (χ3n) is 5.50. The zero-order valence-electron chi connectivity index (χ0n) is 18.4. The molecule has 2 rings (SSSR count). The Labute approximate surface area is 170 Å². The van der Waals surface area contributed by atoms with Crippen molar-refractivity contribution >= 4 is 27.2 Å². The molecule has 1 heterocycles. The number of carbonyl (C=O) groups excluding carboxylic acids is 1. The van der Waals surface area contributed by atoms with E-state index in [1.807, 2.05) is 18.2 Å². The molecule has 0 radical (unpaired) electrons. The van der Waals surface area contributed by atoms with Gasteiger partial charge in [0.05, 0.1) is 18.2 Å². The van der Waals surface area contributed by atoms with Gasteiger partial charge in [0.25, 0.3) is 0 Å². The van der Waals surface area contributed by atoms with Crippen LogP contribution in [0.1, 0.15) is 52.7 Å². The minimum atomic E-state index is -1.87. The predicted octanol–water partition coefficient (Wildman–Crippen LogP) is 3.89. The molecule has 1 aromatic carbocycles. The average Bonchev–Trinajstić information content (AvgIpc) is 2.89. The largest absolute Gasteiger partial charge is 0.476 e. The molecular formula is C20H34BNO5Si. The van der Waals surface area contributed by atoms with E-state index in [0.29, 0.717) is 18.7 Å². The van der Waals surface area contributed by atoms with E-state index in [1.165, 1.54) is 4.90 Å². The van der Waals surface area contributed by atoms with Gasteiger partial charge in [-0.1, -0.05) is 32.9 Å². The smallest absolute Gasteiger partial charge is 0.443 e. The molecular weight excluding hydrogens is 373 g/mol. The van der Waals surface area contributed by atoms with Gasteiger partial charge in [0.2, 0.25) is 0 Å². The molecule has 0 saturated heterocycles. The van der Waals surface area contributed by atoms with E-state index in [4.69, 9.17) is 9.16 Å². The van der Waals surface area contributed by atoms with Crippen LogP contribution in [0.4, 0.5) is 10.5 Å². The summed E-state index contributed by atoms with van der Waals surface area (Å²) in [4.78, 5) is 14.0. The summed E-state index contributed by atoms with van der Waals surface area (Å²) in [5, 5.41) is 19.7. The molecule has 0 saturated carbocycles. The highest BCUT2D eigenvalue weighted by Gasteiger charge is 2.43. The van der Waals surface area contributed by atoms with Gasteiger partial charge in [0, 0.05) is 0 Å². The van der Waals surface area contributed by atoms with E-state index in [0.717, 1.165) is 11.1 Å². The number of nitrogens with zero attached hydrogens (tertiary/aromatic N) is 1. The number of benzene rings is 1. The fourth-order valence-electron chi connectivity index (χ4n) is 2.89. The zero-order chi connectivity index (χ0) is 21.5. The van der Waals surface area contributed by atoms with Gasteiger partial charge in [-0.2, -0.15) is 0 Å². The first kappa shape index (κ1) is 22.9. The first-order chi connectivity index (χ1) is 12.6. The van der Waals surface area contributed by atoms with Crippen molar-refractivity contribution in [3.8, 4) is 0 Å². The summed E-state index contributed by atoms with van der Waals surface area (Å²) in [6.45, 7) is 16.9. The maximum Gasteiger partial charge on any atom is 0.476 e. The number of ether oxygens (including phenoxy) is 1. The summed E-state index contributed by atoms with van der Waals surface area (Å²) in [6.07, 6.45) is -0.213. The molecule has 28 heavy (non-hydrogen) atoms. The van der Waals surface area contributed by atoms with Crippen molar-refractivity contribution in [1.29, 1.82) is 0 Å². The molecule has 8 heteroatoms. The van der Waals surface area contributed by atoms with Gasteiger partial charge in [0.1, 0.15) is 5.60 Å². The third-order valence-corrected chi connectivity index (χ3v) is 9.98. The molecule has 0 aliphatic carbocycles. The molecule has 0 spiro atoms. The van der Waals surface area contributed by atoms with Crippen molar-refractivity contribution in [2.24, 2.45) is 0 Å². The van der Waals surface area contributed by atoms with Crippen LogP contribution in [0.3, 0.4) is 0 Å². The molecule has 156 valence electrons. The van der Waals surface area contributed by atoms with Crippen molar-refractivity contribution in [1.82, 2.24) is 0 Å². The van der Waals surface area contributed by atoms with Crippen molar-refractivity contribution in [3.05, 3.63) is 29.3 Å². The highest BCUT2D eigenvalue weighted by Crippen LogP contribution is 2.38. The summed E-state index contributed by atoms with van der Waals surface area (Å²) >= 11 is 0. The van der Waals surface area contributed by atoms with Gasteiger partial charge in [-0.15, -0.1) is 0 Å². The molecule has 6 nitrogen and oxygen atoms in total. The lowest BCUT2D eigenvalue weighted by molar-refractivity contribution is 0.0574. The Bertz CT molecular complexity index is 724. The van der Waals surface area contributed by atoms with Gasteiger partial charge in [-0.3, -0.25) is 4.90 Å². The highest BCUT2D eigenvalue weighted by atomic mass is 28.4. The second-order valence-corrected chi connectivity index (χ2v) is 14.9. The summed E-state index contributed by atoms with van der Waals surface area (Å²) in [5.74, 6) is -0.763. The van der Waals surface area contributed by atoms with Crippen LogP contribution < -0.4 is 4.90 Å². The Morgan fingerprint density at radius 2 is 1.82 bits per heavy atom. The predicted molar refractivity (Wildman–Crippen MR) is 115 cm³/mol. The van der Waals surface area contributed by atoms with Crippen LogP contribution in [0.5, 0.6) is 0 Å². The number of hydrogen-bond acceptors (Lipinski definition) is 5. The van der Waals surface area contributed by atoms with Gasteiger partial charge in [-0.25, -0.2) is 4.79 Å². The van der Waals surface area contributed by atoms with Crippen LogP contribution >= 0.6 is 0 Å². The minimum Gasteiger partial charge on any atom is -0.443 e. The summed E-state index contributed by atoms with van der Waals surface area (Å²) in [6, 6.07) is 5.75. The molecule has 1 atom stereocenters. The molecule has 1 unspecified atom stereocenters. The third kappa shape index (κ3) is 5.17. The van der Waals surface area contributed by atoms with Gasteiger partial charge in [-0.05, 0) is 62.5 Å². The Morgan fingerprint density at radius 1 is 1.21 bits per heavy atom. The van der Waals surface area contributed by atoms with Gasteiger partial charge < -0.3 is 19.2 Å². The van der Waals surface area contributed by atoms with E-state index in [1.54, 1.807) is 20.8 Å². The average molecular weight is 407 g/mol. The molecule has 2 N–H and O–H groups in total. The molecule has 1 aliphatic rings. The van der Waals surface area contributed by atoms with Gasteiger partial charge >= 0.3 is 13.2 Å².